The zero-order chi connectivity index (χ0) is 14.2. The summed E-state index contributed by atoms with van der Waals surface area (Å²) >= 11 is 1.03. The minimum absolute atomic E-state index is 0. The van der Waals surface area contributed by atoms with Gasteiger partial charge in [-0.2, -0.15) is 13.1 Å². The smallest absolute Gasteiger partial charge is 0.245 e. The molecule has 1 fully saturated rings. The number of rotatable bonds is 3. The molecule has 0 aliphatic carbocycles. The van der Waals surface area contributed by atoms with Crippen molar-refractivity contribution in [1.82, 2.24) is 13.1 Å². The number of sulfonamides is 1. The first-order valence-corrected chi connectivity index (χ1v) is 8.71. The molecule has 2 heterocycles. The van der Waals surface area contributed by atoms with Crippen LogP contribution in [0, 0.1) is 5.92 Å². The van der Waals surface area contributed by atoms with Crippen LogP contribution in [0.25, 0.3) is 11.0 Å². The van der Waals surface area contributed by atoms with E-state index in [2.05, 4.69) is 8.75 Å². The van der Waals surface area contributed by atoms with Crippen LogP contribution in [0.15, 0.2) is 23.1 Å². The van der Waals surface area contributed by atoms with Crippen LogP contribution in [0.5, 0.6) is 0 Å². The Hall–Kier alpha value is -0.800. The van der Waals surface area contributed by atoms with Crippen molar-refractivity contribution in [3.8, 4) is 0 Å². The number of halogens is 1. The summed E-state index contributed by atoms with van der Waals surface area (Å²) in [6.45, 7) is 1.56. The van der Waals surface area contributed by atoms with Crippen LogP contribution in [0.3, 0.4) is 0 Å². The molecule has 1 atom stereocenters. The van der Waals surface area contributed by atoms with Gasteiger partial charge in [0.2, 0.25) is 10.0 Å². The maximum Gasteiger partial charge on any atom is 0.245 e. The Labute approximate surface area is 134 Å². The number of benzene rings is 1. The Morgan fingerprint density at radius 2 is 2.19 bits per heavy atom. The fourth-order valence-electron chi connectivity index (χ4n) is 2.57. The zero-order valence-electron chi connectivity index (χ0n) is 11.3. The second kappa shape index (κ2) is 6.53. The number of nitrogens with zero attached hydrogens (tertiary/aromatic N) is 3. The van der Waals surface area contributed by atoms with Gasteiger partial charge in [0.05, 0.1) is 11.7 Å². The quantitative estimate of drug-likeness (QED) is 0.907. The summed E-state index contributed by atoms with van der Waals surface area (Å²) in [5, 5.41) is 0. The molecule has 9 heteroatoms. The lowest BCUT2D eigenvalue weighted by Crippen LogP contribution is -2.42. The summed E-state index contributed by atoms with van der Waals surface area (Å²) < 4.78 is 35.3. The highest BCUT2D eigenvalue weighted by molar-refractivity contribution is 7.89. The predicted octanol–water partition coefficient (Wildman–Crippen LogP) is 1.47. The van der Waals surface area contributed by atoms with Gasteiger partial charge in [0.25, 0.3) is 0 Å². The van der Waals surface area contributed by atoms with Crippen molar-refractivity contribution in [1.29, 1.82) is 0 Å². The number of piperidine rings is 1. The highest BCUT2D eigenvalue weighted by Crippen LogP contribution is 2.27. The van der Waals surface area contributed by atoms with Gasteiger partial charge in [-0.15, -0.1) is 12.4 Å². The maximum absolute atomic E-state index is 12.8. The summed E-state index contributed by atoms with van der Waals surface area (Å²) in [5.74, 6) is 0.242. The molecule has 6 nitrogen and oxygen atoms in total. The average Bonchev–Trinajstić information content (AvgIpc) is 2.95. The largest absolute Gasteiger partial charge is 0.330 e. The summed E-state index contributed by atoms with van der Waals surface area (Å²) in [7, 11) is -3.52. The first-order chi connectivity index (χ1) is 9.63. The molecule has 1 aromatic heterocycles. The second-order valence-corrected chi connectivity index (χ2v) is 7.43. The van der Waals surface area contributed by atoms with Gasteiger partial charge in [0.1, 0.15) is 15.9 Å². The van der Waals surface area contributed by atoms with E-state index in [0.29, 0.717) is 30.7 Å². The third-order valence-electron chi connectivity index (χ3n) is 3.68. The van der Waals surface area contributed by atoms with E-state index in [4.69, 9.17) is 5.73 Å². The molecular formula is C12H17ClN4O2S2. The number of hydrogen-bond donors (Lipinski definition) is 1. The van der Waals surface area contributed by atoms with E-state index >= 15 is 0 Å². The standard InChI is InChI=1S/C12H16N4O2S2.ClH/c13-7-9-3-2-6-16(8-9)20(17,18)11-5-1-4-10-12(11)15-19-14-10;/h1,4-5,9H,2-3,6-8,13H2;1H. The van der Waals surface area contributed by atoms with Crippen LogP contribution in [0.1, 0.15) is 12.8 Å². The lowest BCUT2D eigenvalue weighted by molar-refractivity contribution is 0.271. The van der Waals surface area contributed by atoms with E-state index in [1.54, 1.807) is 18.2 Å². The second-order valence-electron chi connectivity index (χ2n) is 5.00. The molecule has 1 saturated heterocycles. The van der Waals surface area contributed by atoms with E-state index < -0.39 is 10.0 Å². The van der Waals surface area contributed by atoms with Crippen molar-refractivity contribution in [3.63, 3.8) is 0 Å². The normalized spacial score (nSPS) is 20.3. The number of aromatic nitrogens is 2. The highest BCUT2D eigenvalue weighted by Gasteiger charge is 2.31. The van der Waals surface area contributed by atoms with Crippen LogP contribution < -0.4 is 5.73 Å². The average molecular weight is 349 g/mol. The van der Waals surface area contributed by atoms with Gasteiger partial charge in [-0.1, -0.05) is 6.07 Å². The summed E-state index contributed by atoms with van der Waals surface area (Å²) in [4.78, 5) is 0.251. The Morgan fingerprint density at radius 3 is 2.95 bits per heavy atom. The molecule has 21 heavy (non-hydrogen) atoms. The zero-order valence-corrected chi connectivity index (χ0v) is 13.8. The summed E-state index contributed by atoms with van der Waals surface area (Å²) in [6, 6.07) is 5.09. The van der Waals surface area contributed by atoms with Crippen LogP contribution in [-0.4, -0.2) is 41.1 Å². The van der Waals surface area contributed by atoms with Crippen molar-refractivity contribution in [2.24, 2.45) is 11.7 Å². The molecule has 2 N–H and O–H groups in total. The van der Waals surface area contributed by atoms with E-state index in [-0.39, 0.29) is 23.2 Å². The molecule has 0 saturated carbocycles. The molecule has 1 aromatic carbocycles. The minimum Gasteiger partial charge on any atom is -0.330 e. The van der Waals surface area contributed by atoms with Crippen molar-refractivity contribution in [2.45, 2.75) is 17.7 Å². The van der Waals surface area contributed by atoms with Gasteiger partial charge in [0.15, 0.2) is 0 Å². The summed E-state index contributed by atoms with van der Waals surface area (Å²) in [6.07, 6.45) is 1.84. The molecule has 116 valence electrons. The molecule has 1 aliphatic heterocycles. The van der Waals surface area contributed by atoms with Crippen molar-refractivity contribution >= 4 is 45.2 Å². The Morgan fingerprint density at radius 1 is 1.38 bits per heavy atom. The first kappa shape index (κ1) is 16.6. The van der Waals surface area contributed by atoms with Crippen molar-refractivity contribution in [2.75, 3.05) is 19.6 Å². The number of hydrogen-bond acceptors (Lipinski definition) is 6. The monoisotopic (exact) mass is 348 g/mol. The fourth-order valence-corrected chi connectivity index (χ4v) is 4.87. The molecule has 2 aromatic rings. The Kier molecular flexibility index (Phi) is 5.15. The molecule has 0 spiro atoms. The van der Waals surface area contributed by atoms with Gasteiger partial charge in [-0.25, -0.2) is 8.42 Å². The van der Waals surface area contributed by atoms with E-state index in [0.717, 1.165) is 24.6 Å². The Balaban J connectivity index is 0.00000161. The van der Waals surface area contributed by atoms with E-state index in [1.165, 1.54) is 4.31 Å². The van der Waals surface area contributed by atoms with Gasteiger partial charge in [-0.05, 0) is 37.4 Å². The van der Waals surface area contributed by atoms with Gasteiger partial charge in [0, 0.05) is 13.1 Å². The molecule has 1 unspecified atom stereocenters. The number of fused-ring (bicyclic) bond motifs is 1. The van der Waals surface area contributed by atoms with Crippen molar-refractivity contribution in [3.05, 3.63) is 18.2 Å². The van der Waals surface area contributed by atoms with Crippen LogP contribution in [0.4, 0.5) is 0 Å². The lowest BCUT2D eigenvalue weighted by atomic mass is 10.0. The van der Waals surface area contributed by atoms with Crippen molar-refractivity contribution < 1.29 is 8.42 Å². The third-order valence-corrected chi connectivity index (χ3v) is 6.12. The maximum atomic E-state index is 12.8. The highest BCUT2D eigenvalue weighted by atomic mass is 35.5. The number of nitrogens with two attached hydrogens (primary N) is 1. The van der Waals surface area contributed by atoms with Gasteiger partial charge < -0.3 is 5.73 Å². The minimum atomic E-state index is -3.52. The van der Waals surface area contributed by atoms with E-state index in [9.17, 15) is 8.42 Å². The lowest BCUT2D eigenvalue weighted by Gasteiger charge is -2.31. The Bertz CT molecular complexity index is 719. The predicted molar refractivity (Wildman–Crippen MR) is 85.2 cm³/mol. The van der Waals surface area contributed by atoms with Gasteiger partial charge in [-0.3, -0.25) is 0 Å². The van der Waals surface area contributed by atoms with Crippen LogP contribution >= 0.6 is 24.1 Å². The van der Waals surface area contributed by atoms with Crippen LogP contribution in [0.2, 0.25) is 0 Å². The molecule has 0 amide bonds. The van der Waals surface area contributed by atoms with E-state index in [1.807, 2.05) is 0 Å². The molecule has 0 radical (unpaired) electrons. The molecule has 0 bridgehead atoms. The topological polar surface area (TPSA) is 89.2 Å². The molecule has 3 rings (SSSR count). The van der Waals surface area contributed by atoms with Crippen LogP contribution in [-0.2, 0) is 10.0 Å². The third kappa shape index (κ3) is 3.04. The summed E-state index contributed by atoms with van der Waals surface area (Å²) in [5.41, 5.74) is 6.77. The molecule has 1 aliphatic rings. The first-order valence-electron chi connectivity index (χ1n) is 6.54. The van der Waals surface area contributed by atoms with Gasteiger partial charge >= 0.3 is 0 Å². The fraction of sp³-hybridized carbons (Fsp3) is 0.500. The SMILES string of the molecule is Cl.NCC1CCCN(S(=O)(=O)c2cccc3nsnc23)C1. The molecular weight excluding hydrogens is 332 g/mol.